The van der Waals surface area contributed by atoms with Crippen molar-refractivity contribution in [2.24, 2.45) is 0 Å². The lowest BCUT2D eigenvalue weighted by Gasteiger charge is -1.96. The molecule has 0 aliphatic heterocycles. The third-order valence-electron chi connectivity index (χ3n) is 0.851. The van der Waals surface area contributed by atoms with Crippen LogP contribution in [-0.2, 0) is 0 Å². The van der Waals surface area contributed by atoms with Crippen molar-refractivity contribution in [1.29, 1.82) is 0 Å². The summed E-state index contributed by atoms with van der Waals surface area (Å²) in [5.74, 6) is 0. The molecule has 46 valence electrons. The summed E-state index contributed by atoms with van der Waals surface area (Å²) >= 11 is 8.94. The second-order valence-electron chi connectivity index (χ2n) is 1.71. The van der Waals surface area contributed by atoms with E-state index in [0.717, 1.165) is 5.33 Å². The Morgan fingerprint density at radius 1 is 1.62 bits per heavy atom. The van der Waals surface area contributed by atoms with Crippen LogP contribution in [0, 0.1) is 0 Å². The van der Waals surface area contributed by atoms with Gasteiger partial charge in [0, 0.05) is 5.33 Å². The molecule has 0 spiro atoms. The Labute approximate surface area is 66.0 Å². The topological polar surface area (TPSA) is 0 Å². The van der Waals surface area contributed by atoms with E-state index in [1.807, 2.05) is 0 Å². The van der Waals surface area contributed by atoms with Crippen LogP contribution in [0.5, 0.6) is 0 Å². The molecule has 0 N–H and O–H groups in total. The van der Waals surface area contributed by atoms with E-state index in [4.69, 9.17) is 11.1 Å². The summed E-state index contributed by atoms with van der Waals surface area (Å²) in [6.45, 7) is 4.15. The summed E-state index contributed by atoms with van der Waals surface area (Å²) in [4.78, 5) is 0. The van der Waals surface area contributed by atoms with E-state index in [1.165, 1.54) is 10.8 Å². The van der Waals surface area contributed by atoms with Crippen molar-refractivity contribution >= 4 is 35.8 Å². The van der Waals surface area contributed by atoms with Gasteiger partial charge in [0.1, 0.15) is 0 Å². The van der Waals surface area contributed by atoms with Crippen LogP contribution in [0.25, 0.3) is 0 Å². The van der Waals surface area contributed by atoms with E-state index < -0.39 is 0 Å². The van der Waals surface area contributed by atoms with Gasteiger partial charge in [-0.2, -0.15) is 11.1 Å². The average Bonchev–Trinajstić information content (AvgIpc) is 1.69. The molecule has 0 aromatic heterocycles. The van der Waals surface area contributed by atoms with Crippen LogP contribution in [0.1, 0.15) is 13.8 Å². The zero-order chi connectivity index (χ0) is 6.57. The average molecular weight is 212 g/mol. The largest absolute Gasteiger partial charge is 0.206 e. The van der Waals surface area contributed by atoms with Gasteiger partial charge >= 0.3 is 0 Å². The summed E-state index contributed by atoms with van der Waals surface area (Å²) in [6, 6.07) is 0. The van der Waals surface area contributed by atoms with Gasteiger partial charge in [0.25, 0.3) is 0 Å². The molecule has 0 fully saturated rings. The minimum Gasteiger partial charge on any atom is -0.165 e. The first-order valence-corrected chi connectivity index (χ1v) is 5.44. The predicted octanol–water partition coefficient (Wildman–Crippen LogP) is 2.53. The van der Waals surface area contributed by atoms with Crippen LogP contribution < -0.4 is 0 Å². The summed E-state index contributed by atoms with van der Waals surface area (Å²) in [6.07, 6.45) is 0. The van der Waals surface area contributed by atoms with Gasteiger partial charge in [0.15, 0.2) is 0 Å². The monoisotopic (exact) mass is 210 g/mol. The van der Waals surface area contributed by atoms with Gasteiger partial charge in [-0.15, -0.1) is 0 Å². The third kappa shape index (κ3) is 2.90. The Morgan fingerprint density at radius 2 is 2.12 bits per heavy atom. The fraction of sp³-hybridized carbons (Fsp3) is 0.600. The molecule has 0 aliphatic carbocycles. The molecule has 0 rings (SSSR count). The van der Waals surface area contributed by atoms with Crippen LogP contribution in [0.4, 0.5) is 0 Å². The van der Waals surface area contributed by atoms with Crippen molar-refractivity contribution in [3.8, 4) is 0 Å². The molecule has 8 heavy (non-hydrogen) atoms. The molecule has 0 atom stereocenters. The lowest BCUT2D eigenvalue weighted by Crippen LogP contribution is -1.91. The van der Waals surface area contributed by atoms with Crippen molar-refractivity contribution in [3.05, 3.63) is 10.8 Å². The maximum atomic E-state index is 5.60. The molecular formula is C5H8BrClSi. The predicted molar refractivity (Wildman–Crippen MR) is 43.8 cm³/mol. The second-order valence-corrected chi connectivity index (χ2v) is 3.63. The number of allylic oxidation sites excluding steroid dienone is 2. The third-order valence-corrected chi connectivity index (χ3v) is 3.52. The van der Waals surface area contributed by atoms with Crippen LogP contribution in [-0.4, -0.2) is 14.2 Å². The Kier molecular flexibility index (Phi) is 5.01. The van der Waals surface area contributed by atoms with Gasteiger partial charge in [0.2, 0.25) is 8.83 Å². The number of alkyl halides is 1. The quantitative estimate of drug-likeness (QED) is 0.374. The van der Waals surface area contributed by atoms with Gasteiger partial charge in [-0.1, -0.05) is 26.7 Å². The van der Waals surface area contributed by atoms with Crippen molar-refractivity contribution in [2.45, 2.75) is 13.8 Å². The zero-order valence-corrected chi connectivity index (χ0v) is 8.30. The fourth-order valence-electron chi connectivity index (χ4n) is 0.253. The summed E-state index contributed by atoms with van der Waals surface area (Å²) in [5.41, 5.74) is 1.33. The lowest BCUT2D eigenvalue weighted by atomic mass is 10.3. The van der Waals surface area contributed by atoms with Gasteiger partial charge in [-0.05, 0) is 13.8 Å². The number of hydrogen-bond donors (Lipinski definition) is 0. The summed E-state index contributed by atoms with van der Waals surface area (Å²) < 4.78 is 0. The molecule has 0 bridgehead atoms. The Bertz CT molecular complexity index is 90.6. The van der Waals surface area contributed by atoms with Crippen LogP contribution >= 0.6 is 27.0 Å². The van der Waals surface area contributed by atoms with Crippen molar-refractivity contribution < 1.29 is 0 Å². The van der Waals surface area contributed by atoms with Gasteiger partial charge in [0.05, 0.1) is 0 Å². The van der Waals surface area contributed by atoms with E-state index in [2.05, 4.69) is 29.8 Å². The van der Waals surface area contributed by atoms with Crippen molar-refractivity contribution in [1.82, 2.24) is 0 Å². The van der Waals surface area contributed by atoms with E-state index in [9.17, 15) is 0 Å². The highest BCUT2D eigenvalue weighted by Gasteiger charge is 1.94. The minimum atomic E-state index is 0.434. The van der Waals surface area contributed by atoms with Crippen molar-refractivity contribution in [2.75, 3.05) is 5.33 Å². The molecule has 0 aliphatic rings. The highest BCUT2D eigenvalue weighted by Crippen LogP contribution is 2.05. The van der Waals surface area contributed by atoms with E-state index in [1.54, 1.807) is 0 Å². The Balaban J connectivity index is 3.86. The van der Waals surface area contributed by atoms with Gasteiger partial charge in [-0.25, -0.2) is 0 Å². The van der Waals surface area contributed by atoms with Gasteiger partial charge in [-0.3, -0.25) is 0 Å². The smallest absolute Gasteiger partial charge is 0.165 e. The first-order chi connectivity index (χ1) is 3.72. The number of halogens is 2. The molecule has 0 heterocycles. The van der Waals surface area contributed by atoms with E-state index in [0.29, 0.717) is 8.83 Å². The highest BCUT2D eigenvalue weighted by molar-refractivity contribution is 9.09. The molecule has 0 saturated heterocycles. The maximum absolute atomic E-state index is 5.60. The van der Waals surface area contributed by atoms with Crippen LogP contribution in [0.3, 0.4) is 0 Å². The summed E-state index contributed by atoms with van der Waals surface area (Å²) in [7, 11) is 0.434. The fourth-order valence-corrected chi connectivity index (χ4v) is 2.73. The molecule has 2 radical (unpaired) electrons. The highest BCUT2D eigenvalue weighted by atomic mass is 79.9. The first kappa shape index (κ1) is 8.73. The molecule has 3 heteroatoms. The molecule has 0 nitrogen and oxygen atoms in total. The van der Waals surface area contributed by atoms with Crippen molar-refractivity contribution in [3.63, 3.8) is 0 Å². The molecular weight excluding hydrogens is 203 g/mol. The molecule has 0 saturated carbocycles. The number of hydrogen-bond acceptors (Lipinski definition) is 0. The summed E-state index contributed by atoms with van der Waals surface area (Å²) in [5, 5.41) is 2.23. The normalized spacial score (nSPS) is 9.00. The van der Waals surface area contributed by atoms with E-state index >= 15 is 0 Å². The maximum Gasteiger partial charge on any atom is 0.206 e. The lowest BCUT2D eigenvalue weighted by molar-refractivity contribution is 1.35. The minimum absolute atomic E-state index is 0.434. The first-order valence-electron chi connectivity index (χ1n) is 2.31. The molecule has 0 aromatic rings. The Hall–Kier alpha value is 0.727. The Morgan fingerprint density at radius 3 is 2.12 bits per heavy atom. The standard InChI is InChI=1S/C5H8BrClSi/c1-4(2)5(3-6)8-7/h3H2,1-2H3. The SMILES string of the molecule is CC(C)=C(CBr)[Si]Cl. The van der Waals surface area contributed by atoms with Gasteiger partial charge < -0.3 is 0 Å². The van der Waals surface area contributed by atoms with Crippen LogP contribution in [0.15, 0.2) is 10.8 Å². The van der Waals surface area contributed by atoms with Crippen LogP contribution in [0.2, 0.25) is 0 Å². The molecule has 0 aromatic carbocycles. The molecule has 0 amide bonds. The van der Waals surface area contributed by atoms with E-state index in [-0.39, 0.29) is 0 Å². The zero-order valence-electron chi connectivity index (χ0n) is 4.96. The molecule has 0 unspecified atom stereocenters. The second kappa shape index (κ2) is 4.59. The number of rotatable bonds is 2.